The van der Waals surface area contributed by atoms with Crippen LogP contribution in [0.5, 0.6) is 0 Å². The minimum absolute atomic E-state index is 0.356. The van der Waals surface area contributed by atoms with Crippen LogP contribution in [0.3, 0.4) is 0 Å². The summed E-state index contributed by atoms with van der Waals surface area (Å²) in [5, 5.41) is 20.4. The average Bonchev–Trinajstić information content (AvgIpc) is 2.84. The van der Waals surface area contributed by atoms with E-state index >= 15 is 0 Å². The summed E-state index contributed by atoms with van der Waals surface area (Å²) < 4.78 is 42.6. The lowest BCUT2D eigenvalue weighted by Gasteiger charge is -2.39. The summed E-state index contributed by atoms with van der Waals surface area (Å²) in [6.07, 6.45) is -3.05. The maximum Gasteiger partial charge on any atom is 0.403 e. The van der Waals surface area contributed by atoms with Gasteiger partial charge in [0.25, 0.3) is 0 Å². The van der Waals surface area contributed by atoms with Crippen molar-refractivity contribution in [2.75, 3.05) is 33.4 Å². The molecule has 0 aromatic carbocycles. The lowest BCUT2D eigenvalue weighted by molar-refractivity contribution is -0.246. The Morgan fingerprint density at radius 1 is 1.12 bits per heavy atom. The molecule has 2 aliphatic heterocycles. The lowest BCUT2D eigenvalue weighted by Crippen LogP contribution is -2.59. The third-order valence-corrected chi connectivity index (χ3v) is 5.06. The highest BCUT2D eigenvalue weighted by atomic mass is 32.3. The fourth-order valence-electron chi connectivity index (χ4n) is 2.87. The van der Waals surface area contributed by atoms with Crippen molar-refractivity contribution >= 4 is 10.4 Å². The Kier molecular flexibility index (Phi) is 7.38. The molecule has 5 atom stereocenters. The topological polar surface area (TPSA) is 115 Å². The number of aliphatic hydroxyl groups is 2. The summed E-state index contributed by atoms with van der Waals surface area (Å²) in [7, 11) is -2.56. The zero-order chi connectivity index (χ0) is 17.7. The Morgan fingerprint density at radius 2 is 1.83 bits per heavy atom. The van der Waals surface area contributed by atoms with Gasteiger partial charge in [-0.05, 0) is 19.4 Å². The summed E-state index contributed by atoms with van der Waals surface area (Å²) in [4.78, 5) is 2.10. The smallest absolute Gasteiger partial charge is 0.388 e. The second-order valence-electron chi connectivity index (χ2n) is 6.09. The number of nitrogens with zero attached hydrogens (tertiary/aromatic N) is 1. The van der Waals surface area contributed by atoms with Crippen LogP contribution in [0.25, 0.3) is 0 Å². The van der Waals surface area contributed by atoms with E-state index in [1.165, 1.54) is 0 Å². The molecule has 2 heterocycles. The van der Waals surface area contributed by atoms with Crippen molar-refractivity contribution in [1.82, 2.24) is 4.90 Å². The minimum Gasteiger partial charge on any atom is -0.388 e. The lowest BCUT2D eigenvalue weighted by atomic mass is 9.98. The normalized spacial score (nSPS) is 35.3. The summed E-state index contributed by atoms with van der Waals surface area (Å²) in [5.74, 6) is 0. The number of fused-ring (bicyclic) bond motifs is 1. The van der Waals surface area contributed by atoms with Gasteiger partial charge in [0.1, 0.15) is 18.3 Å². The van der Waals surface area contributed by atoms with Crippen molar-refractivity contribution in [3.8, 4) is 0 Å². The average molecular weight is 369 g/mol. The maximum atomic E-state index is 11.4. The zero-order valence-electron chi connectivity index (χ0n) is 14.0. The molecule has 2 fully saturated rings. The first-order valence-electron chi connectivity index (χ1n) is 8.22. The molecule has 9 nitrogen and oxygen atoms in total. The van der Waals surface area contributed by atoms with Gasteiger partial charge < -0.3 is 24.6 Å². The van der Waals surface area contributed by atoms with Gasteiger partial charge in [-0.15, -0.1) is 0 Å². The number of methoxy groups -OCH3 is 1. The molecular formula is C14H27NO8S. The van der Waals surface area contributed by atoms with Crippen molar-refractivity contribution in [3.63, 3.8) is 0 Å². The number of ether oxygens (including phenoxy) is 2. The molecule has 0 bridgehead atoms. The fraction of sp³-hybridized carbons (Fsp3) is 1.00. The molecule has 2 rings (SSSR count). The molecule has 2 N–H and O–H groups in total. The molecule has 24 heavy (non-hydrogen) atoms. The standard InChI is InChI=1S/C14H27NO8S/c1-3-4-6-15(7-5-8-20-2)9-10-11(16)12(17)13-14(21-10)23-24(18,19)22-13/h10-14,16-17H,3-9H2,1-2H3/t10-,11-,12+,13-,14?/m1/s1. The Hall–Kier alpha value is -0.330. The molecule has 0 saturated carbocycles. The highest BCUT2D eigenvalue weighted by Gasteiger charge is 2.54. The van der Waals surface area contributed by atoms with E-state index in [4.69, 9.17) is 9.47 Å². The van der Waals surface area contributed by atoms with Crippen LogP contribution in [0.4, 0.5) is 0 Å². The Balaban J connectivity index is 1.97. The van der Waals surface area contributed by atoms with Gasteiger partial charge in [-0.25, -0.2) is 8.37 Å². The first-order valence-corrected chi connectivity index (χ1v) is 9.55. The van der Waals surface area contributed by atoms with E-state index in [0.29, 0.717) is 13.2 Å². The SMILES string of the molecule is CCCCN(CCCOC)C[C@H]1OC2OS(=O)(=O)O[C@@H]2[C@@H](O)[C@@H]1O. The van der Waals surface area contributed by atoms with Gasteiger partial charge in [0.05, 0.1) is 0 Å². The second-order valence-corrected chi connectivity index (χ2v) is 7.29. The van der Waals surface area contributed by atoms with Crippen LogP contribution >= 0.6 is 0 Å². The van der Waals surface area contributed by atoms with Crippen LogP contribution in [0.15, 0.2) is 0 Å². The van der Waals surface area contributed by atoms with Gasteiger partial charge >= 0.3 is 10.4 Å². The molecule has 0 aromatic heterocycles. The second kappa shape index (κ2) is 8.86. The van der Waals surface area contributed by atoms with Crippen LogP contribution in [-0.2, 0) is 28.2 Å². The van der Waals surface area contributed by atoms with Gasteiger partial charge in [0.2, 0.25) is 6.29 Å². The number of rotatable bonds is 9. The summed E-state index contributed by atoms with van der Waals surface area (Å²) in [6, 6.07) is 0. The third kappa shape index (κ3) is 5.09. The van der Waals surface area contributed by atoms with Gasteiger partial charge in [0, 0.05) is 26.8 Å². The monoisotopic (exact) mass is 369 g/mol. The predicted octanol–water partition coefficient (Wildman–Crippen LogP) is -0.768. The molecule has 142 valence electrons. The Labute approximate surface area is 142 Å². The predicted molar refractivity (Wildman–Crippen MR) is 83.4 cm³/mol. The van der Waals surface area contributed by atoms with E-state index in [0.717, 1.165) is 32.4 Å². The first kappa shape index (κ1) is 20.0. The Morgan fingerprint density at radius 3 is 2.50 bits per heavy atom. The summed E-state index contributed by atoms with van der Waals surface area (Å²) in [6.45, 7) is 4.63. The summed E-state index contributed by atoms with van der Waals surface area (Å²) in [5.41, 5.74) is 0. The first-order chi connectivity index (χ1) is 11.4. The van der Waals surface area contributed by atoms with Crippen LogP contribution in [0.2, 0.25) is 0 Å². The molecule has 0 aliphatic carbocycles. The number of aliphatic hydroxyl groups excluding tert-OH is 2. The Bertz CT molecular complexity index is 487. The van der Waals surface area contributed by atoms with Crippen LogP contribution < -0.4 is 0 Å². The molecule has 2 saturated heterocycles. The van der Waals surface area contributed by atoms with Crippen molar-refractivity contribution in [1.29, 1.82) is 0 Å². The molecule has 0 spiro atoms. The van der Waals surface area contributed by atoms with E-state index < -0.39 is 41.1 Å². The number of hydrogen-bond donors (Lipinski definition) is 2. The van der Waals surface area contributed by atoms with Gasteiger partial charge in [0.15, 0.2) is 6.10 Å². The number of hydrogen-bond acceptors (Lipinski definition) is 9. The molecule has 2 aliphatic rings. The number of unbranched alkanes of at least 4 members (excludes halogenated alkanes) is 1. The summed E-state index contributed by atoms with van der Waals surface area (Å²) >= 11 is 0. The molecule has 1 unspecified atom stereocenters. The van der Waals surface area contributed by atoms with E-state index in [9.17, 15) is 18.6 Å². The largest absolute Gasteiger partial charge is 0.403 e. The van der Waals surface area contributed by atoms with E-state index in [2.05, 4.69) is 20.2 Å². The maximum absolute atomic E-state index is 11.4. The minimum atomic E-state index is -4.20. The quantitative estimate of drug-likeness (QED) is 0.506. The highest BCUT2D eigenvalue weighted by molar-refractivity contribution is 7.82. The van der Waals surface area contributed by atoms with E-state index in [1.807, 2.05) is 0 Å². The van der Waals surface area contributed by atoms with E-state index in [-0.39, 0.29) is 0 Å². The van der Waals surface area contributed by atoms with Crippen LogP contribution in [-0.4, -0.2) is 87.6 Å². The van der Waals surface area contributed by atoms with Gasteiger partial charge in [-0.3, -0.25) is 0 Å². The van der Waals surface area contributed by atoms with Crippen molar-refractivity contribution in [3.05, 3.63) is 0 Å². The van der Waals surface area contributed by atoms with Gasteiger partial charge in [-0.1, -0.05) is 13.3 Å². The van der Waals surface area contributed by atoms with E-state index in [1.54, 1.807) is 7.11 Å². The van der Waals surface area contributed by atoms with Crippen molar-refractivity contribution in [2.45, 2.75) is 56.9 Å². The molecule has 0 amide bonds. The van der Waals surface area contributed by atoms with Crippen molar-refractivity contribution < 1.29 is 36.5 Å². The molecule has 10 heteroatoms. The zero-order valence-corrected chi connectivity index (χ0v) is 14.9. The van der Waals surface area contributed by atoms with Crippen LogP contribution in [0, 0.1) is 0 Å². The molecule has 0 radical (unpaired) electrons. The fourth-order valence-corrected chi connectivity index (χ4v) is 3.78. The highest BCUT2D eigenvalue weighted by Crippen LogP contribution is 2.32. The third-order valence-electron chi connectivity index (χ3n) is 4.18. The van der Waals surface area contributed by atoms with Crippen molar-refractivity contribution in [2.24, 2.45) is 0 Å². The molecular weight excluding hydrogens is 342 g/mol. The van der Waals surface area contributed by atoms with Gasteiger partial charge in [-0.2, -0.15) is 8.42 Å². The van der Waals surface area contributed by atoms with Crippen LogP contribution in [0.1, 0.15) is 26.2 Å². The molecule has 0 aromatic rings.